The molecule has 0 atom stereocenters. The first-order valence-electron chi connectivity index (χ1n) is 8.22. The minimum absolute atomic E-state index is 0.119. The van der Waals surface area contributed by atoms with Gasteiger partial charge in [-0.1, -0.05) is 0 Å². The van der Waals surface area contributed by atoms with Gasteiger partial charge in [0.1, 0.15) is 16.5 Å². The van der Waals surface area contributed by atoms with E-state index in [0.29, 0.717) is 12.2 Å². The van der Waals surface area contributed by atoms with E-state index in [2.05, 4.69) is 9.71 Å². The molecule has 1 heterocycles. The molecule has 0 radical (unpaired) electrons. The minimum Gasteiger partial charge on any atom is -0.495 e. The standard InChI is InChI=1S/C19H21FN2O3S/c1-12-8-18(25-3)19(9-13(12)2)26(23,24)22-7-6-14-11-21-17-5-4-15(20)10-16(14)17/h4-5,8-11,21-22H,6-7H2,1-3H3. The van der Waals surface area contributed by atoms with E-state index in [0.717, 1.165) is 27.6 Å². The van der Waals surface area contributed by atoms with E-state index in [4.69, 9.17) is 4.74 Å². The zero-order chi connectivity index (χ0) is 18.9. The van der Waals surface area contributed by atoms with Crippen LogP contribution in [-0.4, -0.2) is 27.1 Å². The molecule has 0 unspecified atom stereocenters. The Morgan fingerprint density at radius 2 is 1.88 bits per heavy atom. The lowest BCUT2D eigenvalue weighted by Crippen LogP contribution is -2.26. The number of hydrogen-bond acceptors (Lipinski definition) is 3. The first kappa shape index (κ1) is 18.4. The smallest absolute Gasteiger partial charge is 0.244 e. The Hall–Kier alpha value is -2.38. The summed E-state index contributed by atoms with van der Waals surface area (Å²) in [5, 5.41) is 0.757. The molecular weight excluding hydrogens is 355 g/mol. The third kappa shape index (κ3) is 3.59. The second-order valence-corrected chi connectivity index (χ2v) is 7.97. The van der Waals surface area contributed by atoms with Crippen molar-refractivity contribution in [3.8, 4) is 5.75 Å². The zero-order valence-corrected chi connectivity index (χ0v) is 15.7. The molecule has 0 saturated carbocycles. The lowest BCUT2D eigenvalue weighted by atomic mass is 10.1. The Bertz CT molecular complexity index is 1060. The summed E-state index contributed by atoms with van der Waals surface area (Å²) in [6.45, 7) is 3.95. The average Bonchev–Trinajstić information content (AvgIpc) is 2.99. The molecule has 7 heteroatoms. The minimum atomic E-state index is -3.72. The van der Waals surface area contributed by atoms with Crippen LogP contribution >= 0.6 is 0 Å². The summed E-state index contributed by atoms with van der Waals surface area (Å²) in [7, 11) is -2.27. The molecule has 3 aromatic rings. The van der Waals surface area contributed by atoms with Crippen molar-refractivity contribution in [2.24, 2.45) is 0 Å². The molecule has 138 valence electrons. The van der Waals surface area contributed by atoms with Crippen LogP contribution in [0.2, 0.25) is 0 Å². The van der Waals surface area contributed by atoms with Crippen LogP contribution in [0.15, 0.2) is 41.4 Å². The van der Waals surface area contributed by atoms with Gasteiger partial charge in [-0.3, -0.25) is 0 Å². The van der Waals surface area contributed by atoms with E-state index < -0.39 is 10.0 Å². The van der Waals surface area contributed by atoms with Crippen LogP contribution in [0.3, 0.4) is 0 Å². The maximum absolute atomic E-state index is 13.4. The lowest BCUT2D eigenvalue weighted by molar-refractivity contribution is 0.402. The quantitative estimate of drug-likeness (QED) is 0.692. The van der Waals surface area contributed by atoms with Gasteiger partial charge >= 0.3 is 0 Å². The molecule has 0 amide bonds. The molecule has 0 aliphatic carbocycles. The Kier molecular flexibility index (Phi) is 5.02. The normalized spacial score (nSPS) is 11.8. The maximum Gasteiger partial charge on any atom is 0.244 e. The fourth-order valence-electron chi connectivity index (χ4n) is 2.89. The van der Waals surface area contributed by atoms with Gasteiger partial charge in [-0.05, 0) is 67.3 Å². The van der Waals surface area contributed by atoms with Crippen molar-refractivity contribution in [1.29, 1.82) is 0 Å². The van der Waals surface area contributed by atoms with Crippen molar-refractivity contribution in [2.45, 2.75) is 25.2 Å². The number of ether oxygens (including phenoxy) is 1. The summed E-state index contributed by atoms with van der Waals surface area (Å²) >= 11 is 0. The van der Waals surface area contributed by atoms with Crippen molar-refractivity contribution in [3.05, 3.63) is 59.0 Å². The number of H-pyrrole nitrogens is 1. The Labute approximate surface area is 152 Å². The molecule has 0 bridgehead atoms. The highest BCUT2D eigenvalue weighted by Gasteiger charge is 2.20. The zero-order valence-electron chi connectivity index (χ0n) is 14.9. The van der Waals surface area contributed by atoms with Gasteiger partial charge in [0.25, 0.3) is 0 Å². The lowest BCUT2D eigenvalue weighted by Gasteiger charge is -2.13. The second kappa shape index (κ2) is 7.09. The van der Waals surface area contributed by atoms with E-state index in [1.165, 1.54) is 19.2 Å². The summed E-state index contributed by atoms with van der Waals surface area (Å²) in [6, 6.07) is 7.82. The number of aryl methyl sites for hydroxylation is 2. The predicted octanol–water partition coefficient (Wildman–Crippen LogP) is 3.45. The number of aromatic amines is 1. The summed E-state index contributed by atoms with van der Waals surface area (Å²) in [4.78, 5) is 3.18. The van der Waals surface area contributed by atoms with Crippen molar-refractivity contribution in [1.82, 2.24) is 9.71 Å². The van der Waals surface area contributed by atoms with Crippen molar-refractivity contribution >= 4 is 20.9 Å². The van der Waals surface area contributed by atoms with Crippen LogP contribution in [0.1, 0.15) is 16.7 Å². The van der Waals surface area contributed by atoms with Gasteiger partial charge in [0, 0.05) is 23.6 Å². The number of nitrogens with one attached hydrogen (secondary N) is 2. The van der Waals surface area contributed by atoms with Crippen LogP contribution in [0, 0.1) is 19.7 Å². The van der Waals surface area contributed by atoms with Gasteiger partial charge in [0.05, 0.1) is 7.11 Å². The van der Waals surface area contributed by atoms with Crippen molar-refractivity contribution in [3.63, 3.8) is 0 Å². The Morgan fingerprint density at radius 1 is 1.15 bits per heavy atom. The van der Waals surface area contributed by atoms with Crippen LogP contribution in [0.25, 0.3) is 10.9 Å². The first-order valence-corrected chi connectivity index (χ1v) is 9.70. The van der Waals surface area contributed by atoms with Gasteiger partial charge in [-0.15, -0.1) is 0 Å². The van der Waals surface area contributed by atoms with E-state index in [9.17, 15) is 12.8 Å². The van der Waals surface area contributed by atoms with Gasteiger partial charge < -0.3 is 9.72 Å². The highest BCUT2D eigenvalue weighted by Crippen LogP contribution is 2.27. The molecule has 26 heavy (non-hydrogen) atoms. The topological polar surface area (TPSA) is 71.2 Å². The Morgan fingerprint density at radius 3 is 2.62 bits per heavy atom. The number of rotatable bonds is 6. The monoisotopic (exact) mass is 376 g/mol. The molecular formula is C19H21FN2O3S. The molecule has 2 aromatic carbocycles. The molecule has 0 aliphatic rings. The van der Waals surface area contributed by atoms with Gasteiger partial charge in [-0.2, -0.15) is 0 Å². The highest BCUT2D eigenvalue weighted by atomic mass is 32.2. The molecule has 3 rings (SSSR count). The maximum atomic E-state index is 13.4. The predicted molar refractivity (Wildman–Crippen MR) is 99.6 cm³/mol. The first-order chi connectivity index (χ1) is 12.3. The van der Waals surface area contributed by atoms with Gasteiger partial charge in [-0.25, -0.2) is 17.5 Å². The summed E-state index contributed by atoms with van der Waals surface area (Å²) in [5.41, 5.74) is 3.51. The van der Waals surface area contributed by atoms with E-state index in [1.54, 1.807) is 24.4 Å². The SMILES string of the molecule is COc1cc(C)c(C)cc1S(=O)(=O)NCCc1c[nH]c2ccc(F)cc12. The number of fused-ring (bicyclic) bond motifs is 1. The third-order valence-electron chi connectivity index (χ3n) is 4.49. The fraction of sp³-hybridized carbons (Fsp3) is 0.263. The van der Waals surface area contributed by atoms with Crippen molar-refractivity contribution < 1.29 is 17.5 Å². The largest absolute Gasteiger partial charge is 0.495 e. The van der Waals surface area contributed by atoms with Gasteiger partial charge in [0.2, 0.25) is 10.0 Å². The van der Waals surface area contributed by atoms with Gasteiger partial charge in [0.15, 0.2) is 0 Å². The number of sulfonamides is 1. The molecule has 0 fully saturated rings. The van der Waals surface area contributed by atoms with Crippen LogP contribution < -0.4 is 9.46 Å². The summed E-state index contributed by atoms with van der Waals surface area (Å²) < 4.78 is 46.6. The number of methoxy groups -OCH3 is 1. The molecule has 0 spiro atoms. The second-order valence-electron chi connectivity index (χ2n) is 6.24. The third-order valence-corrected chi connectivity index (χ3v) is 5.97. The molecule has 0 aliphatic heterocycles. The molecule has 0 saturated heterocycles. The van der Waals surface area contributed by atoms with Crippen LogP contribution in [0.4, 0.5) is 4.39 Å². The van der Waals surface area contributed by atoms with E-state index in [1.807, 2.05) is 13.8 Å². The number of halogens is 1. The average molecular weight is 376 g/mol. The number of hydrogen-bond donors (Lipinski definition) is 2. The summed E-state index contributed by atoms with van der Waals surface area (Å²) in [5.74, 6) is -0.00596. The Balaban J connectivity index is 1.78. The molecule has 5 nitrogen and oxygen atoms in total. The van der Waals surface area contributed by atoms with Crippen LogP contribution in [-0.2, 0) is 16.4 Å². The summed E-state index contributed by atoms with van der Waals surface area (Å²) in [6.07, 6.45) is 2.21. The van der Waals surface area contributed by atoms with E-state index in [-0.39, 0.29) is 17.3 Å². The molecule has 2 N–H and O–H groups in total. The van der Waals surface area contributed by atoms with E-state index >= 15 is 0 Å². The number of aromatic nitrogens is 1. The number of benzene rings is 2. The fourth-order valence-corrected chi connectivity index (χ4v) is 4.15. The van der Waals surface area contributed by atoms with Crippen LogP contribution in [0.5, 0.6) is 5.75 Å². The molecule has 1 aromatic heterocycles. The van der Waals surface area contributed by atoms with Crippen molar-refractivity contribution in [2.75, 3.05) is 13.7 Å². The highest BCUT2D eigenvalue weighted by molar-refractivity contribution is 7.89.